The second kappa shape index (κ2) is 6.88. The molecule has 0 aliphatic carbocycles. The van der Waals surface area contributed by atoms with Crippen molar-refractivity contribution in [3.63, 3.8) is 0 Å². The molecular weight excluding hydrogens is 360 g/mol. The van der Waals surface area contributed by atoms with Crippen LogP contribution in [0, 0.1) is 0 Å². The lowest BCUT2D eigenvalue weighted by atomic mass is 10.1. The Labute approximate surface area is 159 Å². The highest BCUT2D eigenvalue weighted by Gasteiger charge is 2.34. The molecule has 1 aliphatic rings. The van der Waals surface area contributed by atoms with E-state index in [9.17, 15) is 19.5 Å². The van der Waals surface area contributed by atoms with Gasteiger partial charge in [0.2, 0.25) is 0 Å². The van der Waals surface area contributed by atoms with Gasteiger partial charge in [0.25, 0.3) is 11.8 Å². The first-order chi connectivity index (χ1) is 13.5. The third-order valence-corrected chi connectivity index (χ3v) is 4.22. The van der Waals surface area contributed by atoms with E-state index in [1.54, 1.807) is 48.5 Å². The van der Waals surface area contributed by atoms with Gasteiger partial charge in [-0.1, -0.05) is 42.5 Å². The zero-order valence-electron chi connectivity index (χ0n) is 14.4. The van der Waals surface area contributed by atoms with Gasteiger partial charge in [-0.15, -0.1) is 0 Å². The van der Waals surface area contributed by atoms with Crippen LogP contribution in [0.2, 0.25) is 0 Å². The Morgan fingerprint density at radius 2 is 1.68 bits per heavy atom. The van der Waals surface area contributed by atoms with Gasteiger partial charge in [0.1, 0.15) is 17.1 Å². The molecule has 7 nitrogen and oxygen atoms in total. The maximum absolute atomic E-state index is 12.6. The highest BCUT2D eigenvalue weighted by atomic mass is 16.4. The van der Waals surface area contributed by atoms with Crippen molar-refractivity contribution in [2.24, 2.45) is 0 Å². The summed E-state index contributed by atoms with van der Waals surface area (Å²) in [5, 5.41) is 12.0. The molecule has 2 aromatic carbocycles. The molecule has 138 valence electrons. The first-order valence-corrected chi connectivity index (χ1v) is 8.37. The van der Waals surface area contributed by atoms with E-state index in [0.29, 0.717) is 22.8 Å². The van der Waals surface area contributed by atoms with Gasteiger partial charge in [-0.2, -0.15) is 0 Å². The molecule has 0 unspecified atom stereocenters. The molecule has 28 heavy (non-hydrogen) atoms. The molecule has 0 saturated carbocycles. The van der Waals surface area contributed by atoms with Crippen LogP contribution in [0.25, 0.3) is 17.4 Å². The molecular formula is C21H13N2O5-. The number of rotatable bonds is 4. The Morgan fingerprint density at radius 3 is 2.36 bits per heavy atom. The number of hydrazine groups is 1. The van der Waals surface area contributed by atoms with Crippen molar-refractivity contribution in [1.29, 1.82) is 0 Å². The molecule has 2 heterocycles. The number of anilines is 1. The summed E-state index contributed by atoms with van der Waals surface area (Å²) in [6.45, 7) is 0. The van der Waals surface area contributed by atoms with E-state index in [4.69, 9.17) is 4.42 Å². The lowest BCUT2D eigenvalue weighted by Crippen LogP contribution is -2.35. The van der Waals surface area contributed by atoms with Gasteiger partial charge in [0.15, 0.2) is 0 Å². The van der Waals surface area contributed by atoms with Crippen LogP contribution in [0.5, 0.6) is 0 Å². The van der Waals surface area contributed by atoms with Crippen molar-refractivity contribution in [3.05, 3.63) is 83.6 Å². The number of nitrogens with zero attached hydrogens (tertiary/aromatic N) is 1. The van der Waals surface area contributed by atoms with Crippen molar-refractivity contribution >= 4 is 29.5 Å². The SMILES string of the molecule is O=C1NN(c2ccccc2)C(=O)/C1=C/c1ccc(-c2ccc(C(=O)[O-])cc2)o1. The first-order valence-electron chi connectivity index (χ1n) is 8.37. The van der Waals surface area contributed by atoms with E-state index in [-0.39, 0.29) is 11.1 Å². The second-order valence-electron chi connectivity index (χ2n) is 6.04. The molecule has 1 aromatic heterocycles. The Morgan fingerprint density at radius 1 is 0.964 bits per heavy atom. The van der Waals surface area contributed by atoms with Gasteiger partial charge in [0.05, 0.1) is 11.7 Å². The zero-order chi connectivity index (χ0) is 19.7. The van der Waals surface area contributed by atoms with Gasteiger partial charge in [-0.3, -0.25) is 15.0 Å². The molecule has 0 atom stereocenters. The topological polar surface area (TPSA) is 103 Å². The van der Waals surface area contributed by atoms with Crippen molar-refractivity contribution in [3.8, 4) is 11.3 Å². The number of nitrogens with one attached hydrogen (secondary N) is 1. The molecule has 0 radical (unpaired) electrons. The third-order valence-electron chi connectivity index (χ3n) is 4.22. The maximum Gasteiger partial charge on any atom is 0.282 e. The minimum Gasteiger partial charge on any atom is -0.545 e. The van der Waals surface area contributed by atoms with Crippen LogP contribution in [-0.4, -0.2) is 17.8 Å². The van der Waals surface area contributed by atoms with Crippen LogP contribution in [0.1, 0.15) is 16.1 Å². The number of carbonyl (C=O) groups is 3. The fourth-order valence-corrected chi connectivity index (χ4v) is 2.81. The summed E-state index contributed by atoms with van der Waals surface area (Å²) in [5.74, 6) is -1.46. The average Bonchev–Trinajstić information content (AvgIpc) is 3.29. The molecule has 3 aromatic rings. The van der Waals surface area contributed by atoms with E-state index >= 15 is 0 Å². The molecule has 4 rings (SSSR count). The van der Waals surface area contributed by atoms with Crippen LogP contribution in [0.3, 0.4) is 0 Å². The Bertz CT molecular complexity index is 1100. The smallest absolute Gasteiger partial charge is 0.282 e. The summed E-state index contributed by atoms with van der Waals surface area (Å²) < 4.78 is 5.68. The number of hydrogen-bond donors (Lipinski definition) is 1. The Hall–Kier alpha value is -4.13. The summed E-state index contributed by atoms with van der Waals surface area (Å²) in [6, 6.07) is 18.1. The largest absolute Gasteiger partial charge is 0.545 e. The first kappa shape index (κ1) is 17.3. The van der Waals surface area contributed by atoms with Crippen LogP contribution >= 0.6 is 0 Å². The van der Waals surface area contributed by atoms with Gasteiger partial charge in [-0.25, -0.2) is 5.01 Å². The van der Waals surface area contributed by atoms with Gasteiger partial charge < -0.3 is 14.3 Å². The molecule has 1 N–H and O–H groups in total. The summed E-state index contributed by atoms with van der Waals surface area (Å²) in [4.78, 5) is 35.6. The van der Waals surface area contributed by atoms with Crippen molar-refractivity contribution in [2.45, 2.75) is 0 Å². The molecule has 0 spiro atoms. The molecule has 1 aliphatic heterocycles. The second-order valence-corrected chi connectivity index (χ2v) is 6.04. The number of furan rings is 1. The summed E-state index contributed by atoms with van der Waals surface area (Å²) in [6.07, 6.45) is 1.37. The van der Waals surface area contributed by atoms with E-state index in [2.05, 4.69) is 5.43 Å². The van der Waals surface area contributed by atoms with Crippen LogP contribution in [0.15, 0.2) is 76.7 Å². The van der Waals surface area contributed by atoms with Crippen molar-refractivity contribution < 1.29 is 23.9 Å². The number of carbonyl (C=O) groups excluding carboxylic acids is 3. The number of benzene rings is 2. The highest BCUT2D eigenvalue weighted by molar-refractivity contribution is 6.31. The number of aromatic carboxylic acids is 1. The lowest BCUT2D eigenvalue weighted by Gasteiger charge is -2.13. The number of carboxylic acid groups (broad SMARTS) is 1. The molecule has 0 bridgehead atoms. The zero-order valence-corrected chi connectivity index (χ0v) is 14.4. The molecule has 1 saturated heterocycles. The van der Waals surface area contributed by atoms with E-state index in [1.807, 2.05) is 6.07 Å². The summed E-state index contributed by atoms with van der Waals surface area (Å²) in [7, 11) is 0. The van der Waals surface area contributed by atoms with E-state index < -0.39 is 17.8 Å². The van der Waals surface area contributed by atoms with E-state index in [1.165, 1.54) is 23.2 Å². The number of amides is 2. The van der Waals surface area contributed by atoms with Gasteiger partial charge in [-0.05, 0) is 35.9 Å². The average molecular weight is 373 g/mol. The number of para-hydroxylation sites is 1. The standard InChI is InChI=1S/C21H14N2O5/c24-19-17(20(25)23(22-19)15-4-2-1-3-5-15)12-16-10-11-18(28-16)13-6-8-14(9-7-13)21(26)27/h1-12H,(H,22,24)(H,26,27)/p-1/b17-12+. The Kier molecular flexibility index (Phi) is 4.25. The fourth-order valence-electron chi connectivity index (χ4n) is 2.81. The van der Waals surface area contributed by atoms with Crippen LogP contribution in [-0.2, 0) is 9.59 Å². The highest BCUT2D eigenvalue weighted by Crippen LogP contribution is 2.26. The molecule has 2 amide bonds. The molecule has 1 fully saturated rings. The normalized spacial score (nSPS) is 15.1. The Balaban J connectivity index is 1.59. The number of carboxylic acids is 1. The van der Waals surface area contributed by atoms with Gasteiger partial charge >= 0.3 is 0 Å². The minimum absolute atomic E-state index is 0.0444. The van der Waals surface area contributed by atoms with Crippen molar-refractivity contribution in [2.75, 3.05) is 5.01 Å². The van der Waals surface area contributed by atoms with Crippen LogP contribution in [0.4, 0.5) is 5.69 Å². The monoisotopic (exact) mass is 373 g/mol. The quantitative estimate of drug-likeness (QED) is 0.555. The molecule has 7 heteroatoms. The summed E-state index contributed by atoms with van der Waals surface area (Å²) >= 11 is 0. The predicted octanol–water partition coefficient (Wildman–Crippen LogP) is 1.77. The van der Waals surface area contributed by atoms with Crippen molar-refractivity contribution in [1.82, 2.24) is 5.43 Å². The predicted molar refractivity (Wildman–Crippen MR) is 98.5 cm³/mol. The van der Waals surface area contributed by atoms with Gasteiger partial charge in [0, 0.05) is 5.56 Å². The van der Waals surface area contributed by atoms with Crippen LogP contribution < -0.4 is 15.5 Å². The lowest BCUT2D eigenvalue weighted by molar-refractivity contribution is -0.255. The van der Waals surface area contributed by atoms with E-state index in [0.717, 1.165) is 0 Å². The number of hydrogen-bond acceptors (Lipinski definition) is 5. The maximum atomic E-state index is 12.6. The minimum atomic E-state index is -1.26. The summed E-state index contributed by atoms with van der Waals surface area (Å²) in [5.41, 5.74) is 3.74. The fraction of sp³-hybridized carbons (Fsp3) is 0. The third kappa shape index (κ3) is 3.16.